The lowest BCUT2D eigenvalue weighted by molar-refractivity contribution is -0.133. The maximum Gasteiger partial charge on any atom is 0.260 e. The van der Waals surface area contributed by atoms with Crippen LogP contribution in [0, 0.1) is 13.8 Å². The fourth-order valence-corrected chi connectivity index (χ4v) is 2.35. The fraction of sp³-hybridized carbons (Fsp3) is 0.533. The molecule has 1 N–H and O–H groups in total. The number of benzene rings is 1. The number of nitrogens with one attached hydrogen (secondary N) is 1. The summed E-state index contributed by atoms with van der Waals surface area (Å²) in [6.07, 6.45) is 1.01. The first-order chi connectivity index (χ1) is 9.18. The van der Waals surface area contributed by atoms with E-state index in [1.54, 1.807) is 0 Å². The molecule has 1 aromatic carbocycles. The Labute approximate surface area is 126 Å². The summed E-state index contributed by atoms with van der Waals surface area (Å²) in [5.74, 6) is 0.912. The molecule has 0 bridgehead atoms. The monoisotopic (exact) mass is 298 g/mol. The molecule has 0 atom stereocenters. The quantitative estimate of drug-likeness (QED) is 0.927. The topological polar surface area (TPSA) is 41.6 Å². The molecule has 1 amide bonds. The molecule has 0 aromatic heterocycles. The van der Waals surface area contributed by atoms with E-state index in [1.165, 1.54) is 0 Å². The molecule has 1 fully saturated rings. The SMILES string of the molecule is Cc1cccc(C)c1OCC(=O)N1CCCNCC1.Cl. The van der Waals surface area contributed by atoms with Crippen LogP contribution in [0.1, 0.15) is 17.5 Å². The molecule has 4 nitrogen and oxygen atoms in total. The minimum Gasteiger partial charge on any atom is -0.483 e. The third-order valence-corrected chi connectivity index (χ3v) is 3.44. The van der Waals surface area contributed by atoms with Crippen LogP contribution in [0.15, 0.2) is 18.2 Å². The van der Waals surface area contributed by atoms with Crippen LogP contribution in [0.2, 0.25) is 0 Å². The number of nitrogens with zero attached hydrogens (tertiary/aromatic N) is 1. The van der Waals surface area contributed by atoms with E-state index in [2.05, 4.69) is 5.32 Å². The van der Waals surface area contributed by atoms with Crippen molar-refractivity contribution in [3.63, 3.8) is 0 Å². The minimum atomic E-state index is 0. The highest BCUT2D eigenvalue weighted by Gasteiger charge is 2.16. The molecule has 1 saturated heterocycles. The number of aryl methyl sites for hydroxylation is 2. The normalized spacial score (nSPS) is 15.2. The molecule has 0 spiro atoms. The van der Waals surface area contributed by atoms with Crippen LogP contribution >= 0.6 is 12.4 Å². The zero-order valence-corrected chi connectivity index (χ0v) is 13.0. The minimum absolute atomic E-state index is 0. The van der Waals surface area contributed by atoms with Gasteiger partial charge in [-0.3, -0.25) is 4.79 Å². The highest BCUT2D eigenvalue weighted by molar-refractivity contribution is 5.85. The first-order valence-electron chi connectivity index (χ1n) is 6.86. The summed E-state index contributed by atoms with van der Waals surface area (Å²) in [6.45, 7) is 7.59. The maximum absolute atomic E-state index is 12.1. The average Bonchev–Trinajstić information content (AvgIpc) is 2.66. The fourth-order valence-electron chi connectivity index (χ4n) is 2.35. The highest BCUT2D eigenvalue weighted by Crippen LogP contribution is 2.22. The van der Waals surface area contributed by atoms with Crippen LogP contribution in [0.25, 0.3) is 0 Å². The Bertz CT molecular complexity index is 423. The lowest BCUT2D eigenvalue weighted by atomic mass is 10.1. The predicted molar refractivity (Wildman–Crippen MR) is 82.7 cm³/mol. The van der Waals surface area contributed by atoms with Crippen molar-refractivity contribution in [3.8, 4) is 5.75 Å². The van der Waals surface area contributed by atoms with Gasteiger partial charge in [-0.05, 0) is 37.9 Å². The number of rotatable bonds is 3. The van der Waals surface area contributed by atoms with Gasteiger partial charge in [-0.2, -0.15) is 0 Å². The van der Waals surface area contributed by atoms with E-state index >= 15 is 0 Å². The molecule has 112 valence electrons. The summed E-state index contributed by atoms with van der Waals surface area (Å²) in [5, 5.41) is 3.29. The van der Waals surface area contributed by atoms with Gasteiger partial charge in [0.2, 0.25) is 0 Å². The Morgan fingerprint density at radius 2 is 1.95 bits per heavy atom. The van der Waals surface area contributed by atoms with Gasteiger partial charge in [0, 0.05) is 19.6 Å². The molecule has 1 aliphatic heterocycles. The Morgan fingerprint density at radius 3 is 2.65 bits per heavy atom. The van der Waals surface area contributed by atoms with Crippen molar-refractivity contribution in [2.45, 2.75) is 20.3 Å². The van der Waals surface area contributed by atoms with Gasteiger partial charge in [-0.15, -0.1) is 12.4 Å². The van der Waals surface area contributed by atoms with E-state index in [0.717, 1.165) is 49.5 Å². The van der Waals surface area contributed by atoms with Crippen molar-refractivity contribution in [2.75, 3.05) is 32.8 Å². The number of ether oxygens (including phenoxy) is 1. The van der Waals surface area contributed by atoms with E-state index in [4.69, 9.17) is 4.74 Å². The van der Waals surface area contributed by atoms with Gasteiger partial charge in [0.05, 0.1) is 0 Å². The third kappa shape index (κ3) is 4.39. The zero-order valence-electron chi connectivity index (χ0n) is 12.1. The largest absolute Gasteiger partial charge is 0.483 e. The van der Waals surface area contributed by atoms with E-state index < -0.39 is 0 Å². The molecule has 1 aromatic rings. The van der Waals surface area contributed by atoms with Gasteiger partial charge in [0.15, 0.2) is 6.61 Å². The molecule has 0 aliphatic carbocycles. The van der Waals surface area contributed by atoms with Crippen LogP contribution < -0.4 is 10.1 Å². The van der Waals surface area contributed by atoms with Crippen molar-refractivity contribution >= 4 is 18.3 Å². The molecular weight excluding hydrogens is 276 g/mol. The van der Waals surface area contributed by atoms with Gasteiger partial charge >= 0.3 is 0 Å². The lowest BCUT2D eigenvalue weighted by Crippen LogP contribution is -2.37. The second-order valence-corrected chi connectivity index (χ2v) is 4.99. The second-order valence-electron chi connectivity index (χ2n) is 4.99. The van der Waals surface area contributed by atoms with Crippen LogP contribution in [0.3, 0.4) is 0 Å². The van der Waals surface area contributed by atoms with E-state index in [-0.39, 0.29) is 24.9 Å². The van der Waals surface area contributed by atoms with Gasteiger partial charge in [-0.1, -0.05) is 18.2 Å². The summed E-state index contributed by atoms with van der Waals surface area (Å²) < 4.78 is 5.71. The predicted octanol–water partition coefficient (Wildman–Crippen LogP) is 1.93. The molecule has 0 saturated carbocycles. The summed E-state index contributed by atoms with van der Waals surface area (Å²) in [7, 11) is 0. The second kappa shape index (κ2) is 8.12. The molecule has 1 heterocycles. The summed E-state index contributed by atoms with van der Waals surface area (Å²) >= 11 is 0. The number of carbonyl (C=O) groups excluding carboxylic acids is 1. The van der Waals surface area contributed by atoms with Crippen LogP contribution in [0.5, 0.6) is 5.75 Å². The standard InChI is InChI=1S/C15H22N2O2.ClH/c1-12-5-3-6-13(2)15(12)19-11-14(18)17-9-4-7-16-8-10-17;/h3,5-6,16H,4,7-11H2,1-2H3;1H. The third-order valence-electron chi connectivity index (χ3n) is 3.44. The Balaban J connectivity index is 0.00000200. The van der Waals surface area contributed by atoms with Crippen molar-refractivity contribution in [1.82, 2.24) is 10.2 Å². The van der Waals surface area contributed by atoms with Gasteiger partial charge in [-0.25, -0.2) is 0 Å². The Morgan fingerprint density at radius 1 is 1.25 bits per heavy atom. The Kier molecular flexibility index (Phi) is 6.82. The number of hydrogen-bond donors (Lipinski definition) is 1. The Hall–Kier alpha value is -1.26. The van der Waals surface area contributed by atoms with Crippen molar-refractivity contribution in [3.05, 3.63) is 29.3 Å². The number of halogens is 1. The first kappa shape index (κ1) is 16.8. The molecule has 1 aliphatic rings. The van der Waals surface area contributed by atoms with Crippen molar-refractivity contribution < 1.29 is 9.53 Å². The van der Waals surface area contributed by atoms with E-state index in [1.807, 2.05) is 36.9 Å². The smallest absolute Gasteiger partial charge is 0.260 e. The zero-order chi connectivity index (χ0) is 13.7. The van der Waals surface area contributed by atoms with Crippen LogP contribution in [-0.2, 0) is 4.79 Å². The average molecular weight is 299 g/mol. The first-order valence-corrected chi connectivity index (χ1v) is 6.86. The van der Waals surface area contributed by atoms with Crippen LogP contribution in [0.4, 0.5) is 0 Å². The van der Waals surface area contributed by atoms with E-state index in [9.17, 15) is 4.79 Å². The maximum atomic E-state index is 12.1. The molecule has 5 heteroatoms. The van der Waals surface area contributed by atoms with Gasteiger partial charge < -0.3 is 15.0 Å². The molecule has 0 unspecified atom stereocenters. The number of hydrogen-bond acceptors (Lipinski definition) is 3. The lowest BCUT2D eigenvalue weighted by Gasteiger charge is -2.20. The van der Waals surface area contributed by atoms with E-state index in [0.29, 0.717) is 0 Å². The van der Waals surface area contributed by atoms with Gasteiger partial charge in [0.1, 0.15) is 5.75 Å². The summed E-state index contributed by atoms with van der Waals surface area (Å²) in [4.78, 5) is 14.0. The molecular formula is C15H23ClN2O2. The number of amides is 1. The molecule has 20 heavy (non-hydrogen) atoms. The molecule has 0 radical (unpaired) electrons. The summed E-state index contributed by atoms with van der Waals surface area (Å²) in [6, 6.07) is 6.01. The van der Waals surface area contributed by atoms with Gasteiger partial charge in [0.25, 0.3) is 5.91 Å². The molecule has 2 rings (SSSR count). The van der Waals surface area contributed by atoms with Crippen molar-refractivity contribution in [2.24, 2.45) is 0 Å². The summed E-state index contributed by atoms with van der Waals surface area (Å²) in [5.41, 5.74) is 2.15. The van der Waals surface area contributed by atoms with Crippen molar-refractivity contribution in [1.29, 1.82) is 0 Å². The number of para-hydroxylation sites is 1. The number of carbonyl (C=O) groups is 1. The highest BCUT2D eigenvalue weighted by atomic mass is 35.5. The van der Waals surface area contributed by atoms with Crippen LogP contribution in [-0.4, -0.2) is 43.6 Å².